The molecule has 1 aromatic rings. The van der Waals surface area contributed by atoms with Crippen molar-refractivity contribution in [1.82, 2.24) is 10.3 Å². The normalized spacial score (nSPS) is 10.4. The van der Waals surface area contributed by atoms with Crippen LogP contribution in [0.25, 0.3) is 0 Å². The summed E-state index contributed by atoms with van der Waals surface area (Å²) in [5, 5.41) is 16.3. The zero-order valence-electron chi connectivity index (χ0n) is 11.4. The molecule has 0 atom stereocenters. The average molecular weight is 301 g/mol. The van der Waals surface area contributed by atoms with Gasteiger partial charge in [-0.1, -0.05) is 25.4 Å². The number of carbonyl (C=O) groups is 1. The molecule has 0 saturated carbocycles. The predicted octanol–water partition coefficient (Wildman–Crippen LogP) is 2.22. The lowest BCUT2D eigenvalue weighted by Crippen LogP contribution is -2.28. The molecule has 0 unspecified atom stereocenters. The summed E-state index contributed by atoms with van der Waals surface area (Å²) < 4.78 is 0. The van der Waals surface area contributed by atoms with Crippen LogP contribution in [0.4, 0.5) is 11.5 Å². The van der Waals surface area contributed by atoms with Crippen LogP contribution in [-0.4, -0.2) is 28.9 Å². The Hall–Kier alpha value is -1.89. The summed E-state index contributed by atoms with van der Waals surface area (Å²) in [4.78, 5) is 25.5. The van der Waals surface area contributed by atoms with Crippen LogP contribution in [0.1, 0.15) is 20.3 Å². The van der Waals surface area contributed by atoms with Crippen LogP contribution in [0.2, 0.25) is 5.15 Å². The molecule has 7 nitrogen and oxygen atoms in total. The van der Waals surface area contributed by atoms with E-state index in [0.29, 0.717) is 19.0 Å². The lowest BCUT2D eigenvalue weighted by atomic mass is 10.2. The summed E-state index contributed by atoms with van der Waals surface area (Å²) in [6.45, 7) is 4.97. The highest BCUT2D eigenvalue weighted by Crippen LogP contribution is 2.20. The summed E-state index contributed by atoms with van der Waals surface area (Å²) in [6, 6.07) is 2.44. The molecule has 20 heavy (non-hydrogen) atoms. The van der Waals surface area contributed by atoms with Gasteiger partial charge in [-0.25, -0.2) is 4.98 Å². The quantitative estimate of drug-likeness (QED) is 0.457. The van der Waals surface area contributed by atoms with Crippen molar-refractivity contribution >= 4 is 29.0 Å². The molecule has 1 aromatic heterocycles. The van der Waals surface area contributed by atoms with E-state index in [1.165, 1.54) is 12.1 Å². The number of nitro groups is 1. The maximum atomic E-state index is 11.5. The molecule has 0 aliphatic rings. The first-order valence-electron chi connectivity index (χ1n) is 6.21. The van der Waals surface area contributed by atoms with Crippen LogP contribution >= 0.6 is 11.6 Å². The van der Waals surface area contributed by atoms with Crippen molar-refractivity contribution in [2.24, 2.45) is 5.92 Å². The SMILES string of the molecule is CC(C)CNC(=O)CCNc1cc([N+](=O)[O-])cc(Cl)n1. The minimum atomic E-state index is -0.548. The van der Waals surface area contributed by atoms with Gasteiger partial charge in [0.2, 0.25) is 5.91 Å². The number of nitrogens with one attached hydrogen (secondary N) is 2. The molecule has 0 aromatic carbocycles. The highest BCUT2D eigenvalue weighted by atomic mass is 35.5. The first kappa shape index (κ1) is 16.2. The minimum absolute atomic E-state index is 0.0333. The molecule has 0 radical (unpaired) electrons. The second-order valence-electron chi connectivity index (χ2n) is 4.67. The maximum absolute atomic E-state index is 11.5. The predicted molar refractivity (Wildman–Crippen MR) is 76.9 cm³/mol. The molecule has 0 aliphatic heterocycles. The van der Waals surface area contributed by atoms with Crippen LogP contribution < -0.4 is 10.6 Å². The van der Waals surface area contributed by atoms with E-state index in [2.05, 4.69) is 15.6 Å². The number of amides is 1. The van der Waals surface area contributed by atoms with Crippen molar-refractivity contribution < 1.29 is 9.72 Å². The zero-order valence-corrected chi connectivity index (χ0v) is 12.1. The third kappa shape index (κ3) is 5.83. The van der Waals surface area contributed by atoms with Gasteiger partial charge in [-0.05, 0) is 5.92 Å². The Morgan fingerprint density at radius 2 is 2.20 bits per heavy atom. The van der Waals surface area contributed by atoms with E-state index in [0.717, 1.165) is 0 Å². The van der Waals surface area contributed by atoms with E-state index in [9.17, 15) is 14.9 Å². The fourth-order valence-electron chi connectivity index (χ4n) is 1.39. The Morgan fingerprint density at radius 1 is 1.50 bits per heavy atom. The highest BCUT2D eigenvalue weighted by molar-refractivity contribution is 6.29. The van der Waals surface area contributed by atoms with Crippen LogP contribution in [0.5, 0.6) is 0 Å². The third-order valence-corrected chi connectivity index (χ3v) is 2.55. The van der Waals surface area contributed by atoms with Gasteiger partial charge in [-0.3, -0.25) is 14.9 Å². The molecule has 0 bridgehead atoms. The smallest absolute Gasteiger partial charge is 0.276 e. The van der Waals surface area contributed by atoms with Crippen molar-refractivity contribution in [2.45, 2.75) is 20.3 Å². The molecule has 110 valence electrons. The van der Waals surface area contributed by atoms with E-state index < -0.39 is 4.92 Å². The topological polar surface area (TPSA) is 97.2 Å². The summed E-state index contributed by atoms with van der Waals surface area (Å²) in [5.74, 6) is 0.591. The lowest BCUT2D eigenvalue weighted by Gasteiger charge is -2.08. The molecule has 1 rings (SSSR count). The molecule has 0 fully saturated rings. The second-order valence-corrected chi connectivity index (χ2v) is 5.05. The van der Waals surface area contributed by atoms with Crippen LogP contribution in [0.3, 0.4) is 0 Å². The van der Waals surface area contributed by atoms with Gasteiger partial charge < -0.3 is 10.6 Å². The maximum Gasteiger partial charge on any atom is 0.276 e. The van der Waals surface area contributed by atoms with Gasteiger partial charge in [0.1, 0.15) is 11.0 Å². The van der Waals surface area contributed by atoms with E-state index >= 15 is 0 Å². The van der Waals surface area contributed by atoms with Gasteiger partial charge >= 0.3 is 0 Å². The molecule has 0 spiro atoms. The monoisotopic (exact) mass is 300 g/mol. The number of halogens is 1. The minimum Gasteiger partial charge on any atom is -0.369 e. The third-order valence-electron chi connectivity index (χ3n) is 2.36. The number of hydrogen-bond donors (Lipinski definition) is 2. The molecule has 1 amide bonds. The van der Waals surface area contributed by atoms with Crippen LogP contribution in [0, 0.1) is 16.0 Å². The van der Waals surface area contributed by atoms with Crippen molar-refractivity contribution in [3.63, 3.8) is 0 Å². The molecule has 1 heterocycles. The molecule has 0 aliphatic carbocycles. The van der Waals surface area contributed by atoms with Gasteiger partial charge in [-0.2, -0.15) is 0 Å². The number of anilines is 1. The fourth-order valence-corrected chi connectivity index (χ4v) is 1.59. The fraction of sp³-hybridized carbons (Fsp3) is 0.500. The first-order chi connectivity index (χ1) is 9.38. The molecule has 2 N–H and O–H groups in total. The number of hydrogen-bond acceptors (Lipinski definition) is 5. The van der Waals surface area contributed by atoms with Gasteiger partial charge in [0.15, 0.2) is 0 Å². The van der Waals surface area contributed by atoms with Crippen molar-refractivity contribution in [2.75, 3.05) is 18.4 Å². The Bertz CT molecular complexity index is 494. The van der Waals surface area contributed by atoms with Crippen molar-refractivity contribution in [3.8, 4) is 0 Å². The Balaban J connectivity index is 2.46. The molecule has 8 heteroatoms. The number of carbonyl (C=O) groups excluding carboxylic acids is 1. The number of nitrogens with zero attached hydrogens (tertiary/aromatic N) is 2. The Morgan fingerprint density at radius 3 is 2.80 bits per heavy atom. The summed E-state index contributed by atoms with van der Waals surface area (Å²) in [7, 11) is 0. The van der Waals surface area contributed by atoms with Gasteiger partial charge in [0, 0.05) is 19.5 Å². The van der Waals surface area contributed by atoms with Crippen molar-refractivity contribution in [1.29, 1.82) is 0 Å². The second kappa shape index (κ2) is 7.64. The van der Waals surface area contributed by atoms with Gasteiger partial charge in [0.05, 0.1) is 17.1 Å². The van der Waals surface area contributed by atoms with E-state index in [1.807, 2.05) is 13.8 Å². The van der Waals surface area contributed by atoms with E-state index in [1.54, 1.807) is 0 Å². The zero-order chi connectivity index (χ0) is 15.1. The standard InChI is InChI=1S/C12H17ClN4O3/c1-8(2)7-15-12(18)3-4-14-11-6-9(17(19)20)5-10(13)16-11/h5-6,8H,3-4,7H2,1-2H3,(H,14,16)(H,15,18). The molecular formula is C12H17ClN4O3. The van der Waals surface area contributed by atoms with E-state index in [-0.39, 0.29) is 29.0 Å². The Kier molecular flexibility index (Phi) is 6.17. The summed E-state index contributed by atoms with van der Waals surface area (Å²) in [6.07, 6.45) is 0.259. The number of pyridine rings is 1. The van der Waals surface area contributed by atoms with E-state index in [4.69, 9.17) is 11.6 Å². The average Bonchev–Trinajstić information content (AvgIpc) is 2.35. The summed E-state index contributed by atoms with van der Waals surface area (Å²) in [5.41, 5.74) is -0.142. The lowest BCUT2D eigenvalue weighted by molar-refractivity contribution is -0.384. The van der Waals surface area contributed by atoms with Gasteiger partial charge in [0.25, 0.3) is 5.69 Å². The molecule has 0 saturated heterocycles. The number of aromatic nitrogens is 1. The highest BCUT2D eigenvalue weighted by Gasteiger charge is 2.10. The Labute approximate surface area is 121 Å². The van der Waals surface area contributed by atoms with Crippen LogP contribution in [-0.2, 0) is 4.79 Å². The number of rotatable bonds is 7. The largest absolute Gasteiger partial charge is 0.369 e. The summed E-state index contributed by atoms with van der Waals surface area (Å²) >= 11 is 5.69. The van der Waals surface area contributed by atoms with Crippen molar-refractivity contribution in [3.05, 3.63) is 27.4 Å². The first-order valence-corrected chi connectivity index (χ1v) is 6.59. The van der Waals surface area contributed by atoms with Crippen LogP contribution in [0.15, 0.2) is 12.1 Å². The molecular weight excluding hydrogens is 284 g/mol. The van der Waals surface area contributed by atoms with Gasteiger partial charge in [-0.15, -0.1) is 0 Å².